The molecular weight excluding hydrogens is 402 g/mol. The van der Waals surface area contributed by atoms with Gasteiger partial charge in [0.25, 0.3) is 0 Å². The van der Waals surface area contributed by atoms with Crippen LogP contribution in [0.4, 0.5) is 0 Å². The molecule has 33 heavy (non-hydrogen) atoms. The van der Waals surface area contributed by atoms with Crippen LogP contribution in [0, 0.1) is 0 Å². The first-order chi connectivity index (χ1) is 16.3. The van der Waals surface area contributed by atoms with E-state index >= 15 is 0 Å². The Balaban J connectivity index is 1.44. The summed E-state index contributed by atoms with van der Waals surface area (Å²) >= 11 is 0. The maximum Gasteiger partial charge on any atom is 0.227 e. The molecule has 0 saturated carbocycles. The molecule has 0 N–H and O–H groups in total. The van der Waals surface area contributed by atoms with Crippen molar-refractivity contribution < 1.29 is 4.42 Å². The van der Waals surface area contributed by atoms with Gasteiger partial charge in [0.2, 0.25) is 5.89 Å². The van der Waals surface area contributed by atoms with Crippen LogP contribution in [0.25, 0.3) is 66.0 Å². The molecule has 2 heteroatoms. The molecule has 154 valence electrons. The van der Waals surface area contributed by atoms with Gasteiger partial charge >= 0.3 is 0 Å². The van der Waals surface area contributed by atoms with Crippen molar-refractivity contribution >= 4 is 43.4 Å². The fraction of sp³-hybridized carbons (Fsp3) is 0. The van der Waals surface area contributed by atoms with Gasteiger partial charge in [-0.05, 0) is 68.4 Å². The molecule has 0 bridgehead atoms. The fourth-order valence-electron chi connectivity index (χ4n) is 4.78. The number of hydrogen-bond acceptors (Lipinski definition) is 2. The molecule has 0 spiro atoms. The topological polar surface area (TPSA) is 26.0 Å². The Bertz CT molecular complexity index is 1810. The van der Waals surface area contributed by atoms with Crippen LogP contribution in [0.2, 0.25) is 0 Å². The Labute approximate surface area is 190 Å². The normalized spacial score (nSPS) is 11.6. The molecule has 7 rings (SSSR count). The van der Waals surface area contributed by atoms with Gasteiger partial charge in [-0.25, -0.2) is 4.98 Å². The minimum Gasteiger partial charge on any atom is -0.435 e. The Morgan fingerprint density at radius 2 is 1.15 bits per heavy atom. The molecule has 7 aromatic rings. The van der Waals surface area contributed by atoms with Gasteiger partial charge in [-0.2, -0.15) is 0 Å². The van der Waals surface area contributed by atoms with Gasteiger partial charge in [0.1, 0.15) is 5.52 Å². The molecule has 0 radical (unpaired) electrons. The minimum absolute atomic E-state index is 0.655. The lowest BCUT2D eigenvalue weighted by Crippen LogP contribution is -1.83. The van der Waals surface area contributed by atoms with E-state index in [-0.39, 0.29) is 0 Å². The summed E-state index contributed by atoms with van der Waals surface area (Å²) in [6.07, 6.45) is 0. The summed E-state index contributed by atoms with van der Waals surface area (Å²) < 4.78 is 6.33. The van der Waals surface area contributed by atoms with Gasteiger partial charge in [0.05, 0.1) is 0 Å². The molecule has 0 amide bonds. The first-order valence-corrected chi connectivity index (χ1v) is 11.1. The van der Waals surface area contributed by atoms with Crippen molar-refractivity contribution in [3.05, 3.63) is 115 Å². The van der Waals surface area contributed by atoms with E-state index in [1.807, 2.05) is 36.4 Å². The minimum atomic E-state index is 0.655. The Hall–Kier alpha value is -4.43. The van der Waals surface area contributed by atoms with E-state index in [4.69, 9.17) is 9.40 Å². The molecule has 0 unspecified atom stereocenters. The number of fused-ring (bicyclic) bond motifs is 6. The molecule has 0 aliphatic carbocycles. The van der Waals surface area contributed by atoms with E-state index in [1.165, 1.54) is 32.7 Å². The van der Waals surface area contributed by atoms with Crippen molar-refractivity contribution in [1.29, 1.82) is 0 Å². The van der Waals surface area contributed by atoms with Gasteiger partial charge in [-0.1, -0.05) is 84.9 Å². The number of nitrogens with zero attached hydrogens (tertiary/aromatic N) is 1. The predicted octanol–water partition coefficient (Wildman–Crippen LogP) is 8.62. The second kappa shape index (κ2) is 7.04. The Morgan fingerprint density at radius 3 is 2.03 bits per heavy atom. The van der Waals surface area contributed by atoms with Gasteiger partial charge < -0.3 is 4.42 Å². The molecule has 0 aliphatic heterocycles. The Morgan fingerprint density at radius 1 is 0.485 bits per heavy atom. The monoisotopic (exact) mass is 421 g/mol. The summed E-state index contributed by atoms with van der Waals surface area (Å²) in [6.45, 7) is 0. The third kappa shape index (κ3) is 2.92. The summed E-state index contributed by atoms with van der Waals surface area (Å²) in [5.74, 6) is 0.655. The third-order valence-corrected chi connectivity index (χ3v) is 6.46. The van der Waals surface area contributed by atoms with Crippen molar-refractivity contribution in [2.45, 2.75) is 0 Å². The summed E-state index contributed by atoms with van der Waals surface area (Å²) in [4.78, 5) is 4.77. The van der Waals surface area contributed by atoms with Gasteiger partial charge in [-0.15, -0.1) is 0 Å². The number of rotatable bonds is 2. The highest BCUT2D eigenvalue weighted by molar-refractivity contribution is 6.18. The van der Waals surface area contributed by atoms with E-state index in [0.717, 1.165) is 27.4 Å². The molecule has 2 nitrogen and oxygen atoms in total. The molecule has 0 atom stereocenters. The van der Waals surface area contributed by atoms with Gasteiger partial charge in [0.15, 0.2) is 5.58 Å². The van der Waals surface area contributed by atoms with Gasteiger partial charge in [0, 0.05) is 10.9 Å². The summed E-state index contributed by atoms with van der Waals surface area (Å²) in [5.41, 5.74) is 5.14. The van der Waals surface area contributed by atoms with Crippen LogP contribution in [-0.4, -0.2) is 4.98 Å². The highest BCUT2D eigenvalue weighted by Crippen LogP contribution is 2.36. The largest absolute Gasteiger partial charge is 0.435 e. The lowest BCUT2D eigenvalue weighted by molar-refractivity contribution is 0.623. The molecular formula is C31H19NO. The van der Waals surface area contributed by atoms with Crippen LogP contribution in [0.15, 0.2) is 120 Å². The van der Waals surface area contributed by atoms with Crippen LogP contribution < -0.4 is 0 Å². The average Bonchev–Trinajstić information content (AvgIpc) is 3.33. The highest BCUT2D eigenvalue weighted by atomic mass is 16.3. The lowest BCUT2D eigenvalue weighted by atomic mass is 9.96. The summed E-state index contributed by atoms with van der Waals surface area (Å²) in [5, 5.41) is 7.16. The van der Waals surface area contributed by atoms with Crippen molar-refractivity contribution in [2.24, 2.45) is 0 Å². The van der Waals surface area contributed by atoms with Crippen molar-refractivity contribution in [1.82, 2.24) is 4.98 Å². The maximum absolute atomic E-state index is 6.33. The zero-order chi connectivity index (χ0) is 21.8. The van der Waals surface area contributed by atoms with Crippen LogP contribution >= 0.6 is 0 Å². The first-order valence-electron chi connectivity index (χ1n) is 11.1. The fourth-order valence-corrected chi connectivity index (χ4v) is 4.78. The number of hydrogen-bond donors (Lipinski definition) is 0. The average molecular weight is 421 g/mol. The lowest BCUT2D eigenvalue weighted by Gasteiger charge is -2.08. The molecule has 6 aromatic carbocycles. The standard InChI is InChI=1S/C31H19NO/c1-2-7-22(8-3-1)31-32-28-17-15-21-11-13-26-19-25(14-16-27(26)29(21)30(28)33-31)24-12-10-20-6-4-5-9-23(20)18-24/h1-19H. The zero-order valence-electron chi connectivity index (χ0n) is 17.8. The second-order valence-electron chi connectivity index (χ2n) is 8.46. The first kappa shape index (κ1) is 18.2. The van der Waals surface area contributed by atoms with Crippen LogP contribution in [-0.2, 0) is 0 Å². The Kier molecular flexibility index (Phi) is 3.88. The SMILES string of the molecule is c1ccc(-c2nc3ccc4ccc5cc(-c6ccc7ccccc7c6)ccc5c4c3o2)cc1. The number of benzene rings is 6. The highest BCUT2D eigenvalue weighted by Gasteiger charge is 2.13. The number of aromatic nitrogens is 1. The van der Waals surface area contributed by atoms with E-state index in [1.54, 1.807) is 0 Å². The van der Waals surface area contributed by atoms with Crippen LogP contribution in [0.3, 0.4) is 0 Å². The van der Waals surface area contributed by atoms with Crippen molar-refractivity contribution in [2.75, 3.05) is 0 Å². The quantitative estimate of drug-likeness (QED) is 0.261. The van der Waals surface area contributed by atoms with Crippen LogP contribution in [0.1, 0.15) is 0 Å². The smallest absolute Gasteiger partial charge is 0.227 e. The van der Waals surface area contributed by atoms with Crippen LogP contribution in [0.5, 0.6) is 0 Å². The molecule has 0 saturated heterocycles. The maximum atomic E-state index is 6.33. The third-order valence-electron chi connectivity index (χ3n) is 6.46. The van der Waals surface area contributed by atoms with E-state index < -0.39 is 0 Å². The second-order valence-corrected chi connectivity index (χ2v) is 8.46. The van der Waals surface area contributed by atoms with Gasteiger partial charge in [-0.3, -0.25) is 0 Å². The molecule has 1 heterocycles. The summed E-state index contributed by atoms with van der Waals surface area (Å²) in [7, 11) is 0. The molecule has 0 aliphatic rings. The molecule has 1 aromatic heterocycles. The number of oxazole rings is 1. The van der Waals surface area contributed by atoms with E-state index in [0.29, 0.717) is 5.89 Å². The zero-order valence-corrected chi connectivity index (χ0v) is 17.8. The molecule has 0 fully saturated rings. The predicted molar refractivity (Wildman–Crippen MR) is 137 cm³/mol. The van der Waals surface area contributed by atoms with Crippen molar-refractivity contribution in [3.63, 3.8) is 0 Å². The van der Waals surface area contributed by atoms with E-state index in [9.17, 15) is 0 Å². The summed E-state index contributed by atoms with van der Waals surface area (Å²) in [6, 6.07) is 40.4. The van der Waals surface area contributed by atoms with Crippen molar-refractivity contribution in [3.8, 4) is 22.6 Å². The van der Waals surface area contributed by atoms with E-state index in [2.05, 4.69) is 78.9 Å².